The quantitative estimate of drug-likeness (QED) is 0.428. The topological polar surface area (TPSA) is 46.5 Å². The van der Waals surface area contributed by atoms with E-state index >= 15 is 0 Å². The summed E-state index contributed by atoms with van der Waals surface area (Å²) in [6, 6.07) is 0. The lowest BCUT2D eigenvalue weighted by Crippen LogP contribution is -2.12. The van der Waals surface area contributed by atoms with E-state index in [0.29, 0.717) is 0 Å². The molecule has 0 amide bonds. The number of hydrogen-bond donors (Lipinski definition) is 1. The van der Waals surface area contributed by atoms with Gasteiger partial charge in [0, 0.05) is 4.99 Å². The molecule has 0 aromatic heterocycles. The largest absolute Gasteiger partial charge is 0.501 e. The number of aliphatic hydroxyl groups excluding tert-OH is 1. The van der Waals surface area contributed by atoms with Crippen molar-refractivity contribution in [3.05, 3.63) is 10.7 Å². The lowest BCUT2D eigenvalue weighted by atomic mass is 10.5. The number of carbonyl (C=O) groups is 1. The number of aliphatic hydroxyl groups is 1. The first-order chi connectivity index (χ1) is 4.57. The minimum Gasteiger partial charge on any atom is -0.501 e. The van der Waals surface area contributed by atoms with Crippen molar-refractivity contribution >= 4 is 21.9 Å². The zero-order valence-electron chi connectivity index (χ0n) is 5.80. The normalized spacial score (nSPS) is 11.8. The van der Waals surface area contributed by atoms with Crippen LogP contribution >= 0.6 is 15.9 Å². The SMILES string of the molecule is CC(C)OC(=O)C(O)=CBr. The Bertz CT molecular complexity index is 151. The van der Waals surface area contributed by atoms with Crippen molar-refractivity contribution in [1.29, 1.82) is 0 Å². The van der Waals surface area contributed by atoms with E-state index in [1.807, 2.05) is 0 Å². The zero-order chi connectivity index (χ0) is 8.15. The summed E-state index contributed by atoms with van der Waals surface area (Å²) in [5.74, 6) is -1.14. The van der Waals surface area contributed by atoms with Gasteiger partial charge in [0.05, 0.1) is 6.10 Å². The molecule has 0 aromatic rings. The Morgan fingerprint density at radius 3 is 2.50 bits per heavy atom. The van der Waals surface area contributed by atoms with Crippen molar-refractivity contribution in [2.24, 2.45) is 0 Å². The summed E-state index contributed by atoms with van der Waals surface area (Å²) in [7, 11) is 0. The molecule has 0 spiro atoms. The Morgan fingerprint density at radius 2 is 2.20 bits per heavy atom. The van der Waals surface area contributed by atoms with Crippen LogP contribution in [-0.4, -0.2) is 17.2 Å². The average molecular weight is 209 g/mol. The average Bonchev–Trinajstić information content (AvgIpc) is 1.85. The van der Waals surface area contributed by atoms with Crippen molar-refractivity contribution < 1.29 is 14.6 Å². The van der Waals surface area contributed by atoms with E-state index in [1.165, 1.54) is 0 Å². The predicted octanol–water partition coefficient (Wildman–Crippen LogP) is 1.73. The molecule has 10 heavy (non-hydrogen) atoms. The highest BCUT2D eigenvalue weighted by Gasteiger charge is 2.09. The molecule has 1 N–H and O–H groups in total. The fourth-order valence-corrected chi connectivity index (χ4v) is 0.506. The van der Waals surface area contributed by atoms with Crippen LogP contribution in [0.15, 0.2) is 10.7 Å². The van der Waals surface area contributed by atoms with Crippen LogP contribution in [0, 0.1) is 0 Å². The number of hydrogen-bond acceptors (Lipinski definition) is 3. The van der Waals surface area contributed by atoms with Gasteiger partial charge in [-0.3, -0.25) is 0 Å². The molecule has 0 aliphatic rings. The van der Waals surface area contributed by atoms with Crippen molar-refractivity contribution in [2.75, 3.05) is 0 Å². The van der Waals surface area contributed by atoms with Crippen molar-refractivity contribution in [3.8, 4) is 0 Å². The third kappa shape index (κ3) is 3.50. The molecule has 0 saturated heterocycles. The lowest BCUT2D eigenvalue weighted by molar-refractivity contribution is -0.145. The van der Waals surface area contributed by atoms with Crippen LogP contribution in [0.3, 0.4) is 0 Å². The van der Waals surface area contributed by atoms with E-state index in [4.69, 9.17) is 5.11 Å². The van der Waals surface area contributed by atoms with Crippen molar-refractivity contribution in [1.82, 2.24) is 0 Å². The van der Waals surface area contributed by atoms with Gasteiger partial charge >= 0.3 is 5.97 Å². The van der Waals surface area contributed by atoms with E-state index in [1.54, 1.807) is 13.8 Å². The molecule has 0 radical (unpaired) electrons. The molecule has 0 aliphatic carbocycles. The first kappa shape index (κ1) is 9.49. The third-order valence-electron chi connectivity index (χ3n) is 0.655. The molecule has 0 aromatic carbocycles. The van der Waals surface area contributed by atoms with E-state index in [0.717, 1.165) is 4.99 Å². The Labute approximate surface area is 67.8 Å². The number of rotatable bonds is 2. The van der Waals surface area contributed by atoms with Crippen LogP contribution < -0.4 is 0 Å². The third-order valence-corrected chi connectivity index (χ3v) is 1.09. The minimum absolute atomic E-state index is 0.206. The molecular formula is C6H9BrO3. The maximum absolute atomic E-state index is 10.6. The summed E-state index contributed by atoms with van der Waals surface area (Å²) in [5, 5.41) is 8.72. The van der Waals surface area contributed by atoms with Crippen molar-refractivity contribution in [2.45, 2.75) is 20.0 Å². The lowest BCUT2D eigenvalue weighted by Gasteiger charge is -2.05. The van der Waals surface area contributed by atoms with Crippen LogP contribution in [0.5, 0.6) is 0 Å². The second-order valence-electron chi connectivity index (χ2n) is 1.95. The molecule has 0 unspecified atom stereocenters. The summed E-state index contributed by atoms with van der Waals surface area (Å²) < 4.78 is 4.62. The van der Waals surface area contributed by atoms with Gasteiger partial charge in [-0.15, -0.1) is 0 Å². The monoisotopic (exact) mass is 208 g/mol. The molecule has 0 bridgehead atoms. The Balaban J connectivity index is 3.86. The summed E-state index contributed by atoms with van der Waals surface area (Å²) in [5.41, 5.74) is 0. The van der Waals surface area contributed by atoms with Crippen LogP contribution in [0.4, 0.5) is 0 Å². The Hall–Kier alpha value is -0.510. The summed E-state index contributed by atoms with van der Waals surface area (Å²) in [4.78, 5) is 11.7. The van der Waals surface area contributed by atoms with E-state index in [2.05, 4.69) is 20.7 Å². The molecule has 0 fully saturated rings. The zero-order valence-corrected chi connectivity index (χ0v) is 7.38. The first-order valence-electron chi connectivity index (χ1n) is 2.78. The van der Waals surface area contributed by atoms with E-state index in [9.17, 15) is 4.79 Å². The van der Waals surface area contributed by atoms with Gasteiger partial charge in [-0.05, 0) is 13.8 Å². The summed E-state index contributed by atoms with van der Waals surface area (Å²) in [6.07, 6.45) is -0.206. The highest BCUT2D eigenvalue weighted by atomic mass is 79.9. The summed E-state index contributed by atoms with van der Waals surface area (Å²) >= 11 is 2.79. The molecule has 0 aliphatic heterocycles. The van der Waals surface area contributed by atoms with Gasteiger partial charge in [0.2, 0.25) is 5.76 Å². The first-order valence-corrected chi connectivity index (χ1v) is 3.69. The second-order valence-corrected chi connectivity index (χ2v) is 2.41. The maximum Gasteiger partial charge on any atom is 0.374 e. The summed E-state index contributed by atoms with van der Waals surface area (Å²) in [6.45, 7) is 3.42. The Morgan fingerprint density at radius 1 is 1.70 bits per heavy atom. The number of esters is 1. The van der Waals surface area contributed by atoms with Crippen LogP contribution in [0.25, 0.3) is 0 Å². The van der Waals surface area contributed by atoms with Crippen LogP contribution in [0.2, 0.25) is 0 Å². The highest BCUT2D eigenvalue weighted by molar-refractivity contribution is 9.11. The molecule has 0 atom stereocenters. The second kappa shape index (κ2) is 4.33. The molecule has 58 valence electrons. The van der Waals surface area contributed by atoms with Gasteiger partial charge in [0.25, 0.3) is 0 Å². The van der Waals surface area contributed by atoms with Gasteiger partial charge in [0.1, 0.15) is 0 Å². The number of carbonyl (C=O) groups excluding carboxylic acids is 1. The molecule has 4 heteroatoms. The van der Waals surface area contributed by atoms with Gasteiger partial charge in [-0.25, -0.2) is 4.79 Å². The predicted molar refractivity (Wildman–Crippen MR) is 40.9 cm³/mol. The smallest absolute Gasteiger partial charge is 0.374 e. The van der Waals surface area contributed by atoms with Crippen LogP contribution in [-0.2, 0) is 9.53 Å². The van der Waals surface area contributed by atoms with Crippen molar-refractivity contribution in [3.63, 3.8) is 0 Å². The Kier molecular flexibility index (Phi) is 4.11. The van der Waals surface area contributed by atoms with Gasteiger partial charge in [-0.2, -0.15) is 0 Å². The van der Waals surface area contributed by atoms with Crippen LogP contribution in [0.1, 0.15) is 13.8 Å². The minimum atomic E-state index is -0.716. The molecule has 0 saturated carbocycles. The number of halogens is 1. The molecule has 0 heterocycles. The number of ether oxygens (including phenoxy) is 1. The molecule has 3 nitrogen and oxygen atoms in total. The van der Waals surface area contributed by atoms with Gasteiger partial charge in [-0.1, -0.05) is 15.9 Å². The molecular weight excluding hydrogens is 200 g/mol. The van der Waals surface area contributed by atoms with E-state index < -0.39 is 11.7 Å². The molecule has 0 rings (SSSR count). The fraction of sp³-hybridized carbons (Fsp3) is 0.500. The highest BCUT2D eigenvalue weighted by Crippen LogP contribution is 1.99. The maximum atomic E-state index is 10.6. The van der Waals surface area contributed by atoms with Gasteiger partial charge < -0.3 is 9.84 Å². The van der Waals surface area contributed by atoms with Gasteiger partial charge in [0.15, 0.2) is 0 Å². The van der Waals surface area contributed by atoms with E-state index in [-0.39, 0.29) is 6.10 Å². The standard InChI is InChI=1S/C6H9BrO3/c1-4(2)10-6(9)5(8)3-7/h3-4,8H,1-2H3. The fourth-order valence-electron chi connectivity index (χ4n) is 0.319.